The Morgan fingerprint density at radius 2 is 1.68 bits per heavy atom. The SMILES string of the molecule is CCC(=O)N(C1CCCCC1)C(C)C1(C)CCCN(CCC2CCCCC2)C1. The molecule has 3 nitrogen and oxygen atoms in total. The van der Waals surface area contributed by atoms with Crippen LogP contribution in [0.5, 0.6) is 0 Å². The molecule has 0 radical (unpaired) electrons. The number of amides is 1. The Bertz CT molecular complexity index is 481. The van der Waals surface area contributed by atoms with Gasteiger partial charge in [-0.2, -0.15) is 0 Å². The van der Waals surface area contributed by atoms with E-state index in [0.717, 1.165) is 5.92 Å². The summed E-state index contributed by atoms with van der Waals surface area (Å²) < 4.78 is 0. The first kappa shape index (κ1) is 22.1. The zero-order chi connectivity index (χ0) is 20.0. The first-order valence-electron chi connectivity index (χ1n) is 12.6. The Hall–Kier alpha value is -0.570. The van der Waals surface area contributed by atoms with Crippen molar-refractivity contribution in [2.24, 2.45) is 11.3 Å². The number of nitrogens with zero attached hydrogens (tertiary/aromatic N) is 2. The normalized spacial score (nSPS) is 29.5. The summed E-state index contributed by atoms with van der Waals surface area (Å²) in [7, 11) is 0. The van der Waals surface area contributed by atoms with E-state index in [1.165, 1.54) is 103 Å². The Labute approximate surface area is 174 Å². The van der Waals surface area contributed by atoms with Crippen LogP contribution >= 0.6 is 0 Å². The van der Waals surface area contributed by atoms with Gasteiger partial charge < -0.3 is 9.80 Å². The molecule has 3 aliphatic rings. The van der Waals surface area contributed by atoms with E-state index < -0.39 is 0 Å². The summed E-state index contributed by atoms with van der Waals surface area (Å²) in [5.74, 6) is 1.36. The molecule has 0 N–H and O–H groups in total. The minimum Gasteiger partial charge on any atom is -0.336 e. The molecule has 3 fully saturated rings. The van der Waals surface area contributed by atoms with Crippen LogP contribution in [0.25, 0.3) is 0 Å². The van der Waals surface area contributed by atoms with E-state index in [2.05, 4.69) is 23.6 Å². The molecular weight excluding hydrogens is 344 g/mol. The Morgan fingerprint density at radius 3 is 2.32 bits per heavy atom. The van der Waals surface area contributed by atoms with E-state index in [9.17, 15) is 4.79 Å². The van der Waals surface area contributed by atoms with Crippen LogP contribution in [0, 0.1) is 11.3 Å². The second kappa shape index (κ2) is 10.5. The van der Waals surface area contributed by atoms with Gasteiger partial charge in [0.1, 0.15) is 0 Å². The molecule has 0 aromatic carbocycles. The molecule has 0 aromatic heterocycles. The molecule has 1 aliphatic heterocycles. The van der Waals surface area contributed by atoms with Crippen molar-refractivity contribution in [1.29, 1.82) is 0 Å². The van der Waals surface area contributed by atoms with Crippen LogP contribution in [0.3, 0.4) is 0 Å². The molecule has 0 bridgehead atoms. The molecule has 1 amide bonds. The molecule has 0 aromatic rings. The van der Waals surface area contributed by atoms with Crippen molar-refractivity contribution < 1.29 is 4.79 Å². The van der Waals surface area contributed by atoms with E-state index in [0.29, 0.717) is 24.4 Å². The van der Waals surface area contributed by atoms with Gasteiger partial charge in [-0.15, -0.1) is 0 Å². The predicted molar refractivity (Wildman–Crippen MR) is 118 cm³/mol. The number of rotatable bonds is 7. The van der Waals surface area contributed by atoms with Gasteiger partial charge in [0.25, 0.3) is 0 Å². The van der Waals surface area contributed by atoms with Gasteiger partial charge in [-0.1, -0.05) is 65.2 Å². The Kier molecular flexibility index (Phi) is 8.26. The number of likely N-dealkylation sites (tertiary alicyclic amines) is 1. The first-order chi connectivity index (χ1) is 13.5. The minimum absolute atomic E-state index is 0.243. The summed E-state index contributed by atoms with van der Waals surface area (Å²) >= 11 is 0. The van der Waals surface area contributed by atoms with E-state index >= 15 is 0 Å². The quantitative estimate of drug-likeness (QED) is 0.531. The average Bonchev–Trinajstić information content (AvgIpc) is 2.74. The predicted octanol–water partition coefficient (Wildman–Crippen LogP) is 6.02. The topological polar surface area (TPSA) is 23.6 Å². The number of carbonyl (C=O) groups is 1. The molecule has 2 aliphatic carbocycles. The largest absolute Gasteiger partial charge is 0.336 e. The van der Waals surface area contributed by atoms with Gasteiger partial charge >= 0.3 is 0 Å². The smallest absolute Gasteiger partial charge is 0.222 e. The molecule has 0 spiro atoms. The number of carbonyl (C=O) groups excluding carboxylic acids is 1. The third-order valence-corrected chi connectivity index (χ3v) is 8.37. The minimum atomic E-state index is 0.243. The molecule has 3 rings (SSSR count). The fraction of sp³-hybridized carbons (Fsp3) is 0.960. The summed E-state index contributed by atoms with van der Waals surface area (Å²) in [5, 5.41) is 0. The van der Waals surface area contributed by atoms with Gasteiger partial charge in [0.2, 0.25) is 5.91 Å². The van der Waals surface area contributed by atoms with Crippen molar-refractivity contribution in [2.45, 2.75) is 123 Å². The molecule has 2 atom stereocenters. The molecular formula is C25H46N2O. The van der Waals surface area contributed by atoms with Gasteiger partial charge in [0.05, 0.1) is 0 Å². The van der Waals surface area contributed by atoms with Crippen LogP contribution in [-0.2, 0) is 4.79 Å². The fourth-order valence-electron chi connectivity index (χ4n) is 6.36. The van der Waals surface area contributed by atoms with Crippen LogP contribution in [0.2, 0.25) is 0 Å². The second-order valence-electron chi connectivity index (χ2n) is 10.4. The lowest BCUT2D eigenvalue weighted by Gasteiger charge is -2.50. The van der Waals surface area contributed by atoms with Gasteiger partial charge in [0.15, 0.2) is 0 Å². The molecule has 2 saturated carbocycles. The van der Waals surface area contributed by atoms with Crippen LogP contribution in [-0.4, -0.2) is 47.4 Å². The maximum absolute atomic E-state index is 13.0. The summed E-state index contributed by atoms with van der Waals surface area (Å²) in [4.78, 5) is 18.1. The number of hydrogen-bond donors (Lipinski definition) is 0. The van der Waals surface area contributed by atoms with E-state index in [-0.39, 0.29) is 5.41 Å². The highest BCUT2D eigenvalue weighted by molar-refractivity contribution is 5.76. The summed E-state index contributed by atoms with van der Waals surface area (Å²) in [5.41, 5.74) is 0.243. The van der Waals surface area contributed by atoms with Gasteiger partial charge in [-0.05, 0) is 58.0 Å². The van der Waals surface area contributed by atoms with Crippen LogP contribution in [0.1, 0.15) is 111 Å². The Balaban J connectivity index is 1.61. The number of piperidine rings is 1. The third kappa shape index (κ3) is 5.52. The van der Waals surface area contributed by atoms with Crippen molar-refractivity contribution in [2.75, 3.05) is 19.6 Å². The lowest BCUT2D eigenvalue weighted by molar-refractivity contribution is -0.141. The molecule has 1 heterocycles. The summed E-state index contributed by atoms with van der Waals surface area (Å²) in [6.45, 7) is 10.6. The molecule has 1 saturated heterocycles. The van der Waals surface area contributed by atoms with Crippen molar-refractivity contribution in [3.63, 3.8) is 0 Å². The van der Waals surface area contributed by atoms with Gasteiger partial charge in [0, 0.05) is 30.5 Å². The zero-order valence-corrected chi connectivity index (χ0v) is 19.1. The second-order valence-corrected chi connectivity index (χ2v) is 10.4. The van der Waals surface area contributed by atoms with Crippen LogP contribution in [0.15, 0.2) is 0 Å². The maximum atomic E-state index is 13.0. The lowest BCUT2D eigenvalue weighted by Crippen LogP contribution is -2.57. The van der Waals surface area contributed by atoms with Crippen molar-refractivity contribution in [3.05, 3.63) is 0 Å². The van der Waals surface area contributed by atoms with Crippen LogP contribution in [0.4, 0.5) is 0 Å². The van der Waals surface area contributed by atoms with Crippen molar-refractivity contribution in [1.82, 2.24) is 9.80 Å². The summed E-state index contributed by atoms with van der Waals surface area (Å²) in [6, 6.07) is 0.853. The standard InChI is InChI=1S/C25H46N2O/c1-4-24(28)27(23-14-9-6-10-15-23)21(2)25(3)17-11-18-26(20-25)19-16-22-12-7-5-8-13-22/h21-23H,4-20H2,1-3H3. The number of hydrogen-bond acceptors (Lipinski definition) is 2. The first-order valence-corrected chi connectivity index (χ1v) is 12.6. The highest BCUT2D eigenvalue weighted by Gasteiger charge is 2.42. The van der Waals surface area contributed by atoms with E-state index in [1.807, 2.05) is 6.92 Å². The fourth-order valence-corrected chi connectivity index (χ4v) is 6.36. The van der Waals surface area contributed by atoms with Crippen molar-refractivity contribution in [3.8, 4) is 0 Å². The monoisotopic (exact) mass is 390 g/mol. The average molecular weight is 391 g/mol. The van der Waals surface area contributed by atoms with Crippen LogP contribution < -0.4 is 0 Å². The highest BCUT2D eigenvalue weighted by atomic mass is 16.2. The van der Waals surface area contributed by atoms with Crippen molar-refractivity contribution >= 4 is 5.91 Å². The zero-order valence-electron chi connectivity index (χ0n) is 19.1. The van der Waals surface area contributed by atoms with Gasteiger partial charge in [-0.3, -0.25) is 4.79 Å². The van der Waals surface area contributed by atoms with Gasteiger partial charge in [-0.25, -0.2) is 0 Å². The van der Waals surface area contributed by atoms with E-state index in [4.69, 9.17) is 0 Å². The summed E-state index contributed by atoms with van der Waals surface area (Å²) in [6.07, 6.45) is 18.3. The van der Waals surface area contributed by atoms with E-state index in [1.54, 1.807) is 0 Å². The highest BCUT2D eigenvalue weighted by Crippen LogP contribution is 2.39. The molecule has 162 valence electrons. The third-order valence-electron chi connectivity index (χ3n) is 8.37. The molecule has 28 heavy (non-hydrogen) atoms. The lowest BCUT2D eigenvalue weighted by atomic mass is 9.74. The maximum Gasteiger partial charge on any atom is 0.222 e. The Morgan fingerprint density at radius 1 is 1.04 bits per heavy atom. The molecule has 2 unspecified atom stereocenters. The molecule has 3 heteroatoms.